The smallest absolute Gasteiger partial charge is 0.416 e. The monoisotopic (exact) mass is 516 g/mol. The molecule has 1 heterocycles. The van der Waals surface area contributed by atoms with Crippen molar-refractivity contribution in [1.29, 1.82) is 0 Å². The van der Waals surface area contributed by atoms with Crippen LogP contribution in [0.15, 0.2) is 48.5 Å². The Balaban J connectivity index is 1.61. The summed E-state index contributed by atoms with van der Waals surface area (Å²) in [6, 6.07) is 12.4. The van der Waals surface area contributed by atoms with Gasteiger partial charge in [-0.2, -0.15) is 13.2 Å². The Hall–Kier alpha value is -2.22. The first kappa shape index (κ1) is 25.4. The van der Waals surface area contributed by atoms with Crippen LogP contribution in [0.5, 0.6) is 5.75 Å². The highest BCUT2D eigenvalue weighted by Gasteiger charge is 2.31. The molecule has 0 saturated carbocycles. The van der Waals surface area contributed by atoms with Crippen LogP contribution in [-0.2, 0) is 23.8 Å². The Morgan fingerprint density at radius 3 is 2.24 bits per heavy atom. The molecule has 3 rings (SSSR count). The molecule has 9 heteroatoms. The number of carbonyl (C=O) groups is 1. The fourth-order valence-electron chi connectivity index (χ4n) is 3.11. The zero-order chi connectivity index (χ0) is 24.4. The second kappa shape index (κ2) is 9.95. The third-order valence-electron chi connectivity index (χ3n) is 5.03. The van der Waals surface area contributed by atoms with Crippen molar-refractivity contribution in [2.45, 2.75) is 44.9 Å². The highest BCUT2D eigenvalue weighted by molar-refractivity contribution is 7.15. The van der Waals surface area contributed by atoms with Crippen molar-refractivity contribution < 1.29 is 27.8 Å². The Labute approximate surface area is 203 Å². The maximum absolute atomic E-state index is 12.7. The summed E-state index contributed by atoms with van der Waals surface area (Å²) in [5.74, 6) is -0.914. The molecule has 1 aromatic heterocycles. The van der Waals surface area contributed by atoms with Crippen LogP contribution < -0.4 is 4.74 Å². The number of aliphatic carboxylic acids is 1. The number of carboxylic acid groups (broad SMARTS) is 1. The predicted molar refractivity (Wildman–Crippen MR) is 126 cm³/mol. The zero-order valence-corrected chi connectivity index (χ0v) is 20.1. The molecule has 3 aromatic rings. The molecule has 1 N–H and O–H groups in total. The number of halogens is 5. The lowest BCUT2D eigenvalue weighted by molar-refractivity contribution is -0.152. The van der Waals surface area contributed by atoms with Crippen LogP contribution in [0.4, 0.5) is 13.2 Å². The van der Waals surface area contributed by atoms with Gasteiger partial charge in [-0.3, -0.25) is 0 Å². The molecular weight excluding hydrogens is 496 g/mol. The van der Waals surface area contributed by atoms with E-state index in [0.29, 0.717) is 11.4 Å². The minimum absolute atomic E-state index is 0.171. The number of hydrogen-bond acceptors (Lipinski definition) is 3. The molecule has 33 heavy (non-hydrogen) atoms. The minimum atomic E-state index is -4.35. The van der Waals surface area contributed by atoms with Crippen molar-refractivity contribution in [2.24, 2.45) is 0 Å². The lowest BCUT2D eigenvalue weighted by Crippen LogP contribution is -2.38. The molecule has 0 amide bonds. The molecule has 176 valence electrons. The molecule has 0 aliphatic carbocycles. The molecule has 0 aliphatic heterocycles. The van der Waals surface area contributed by atoms with Crippen molar-refractivity contribution in [2.75, 3.05) is 0 Å². The van der Waals surface area contributed by atoms with E-state index >= 15 is 0 Å². The van der Waals surface area contributed by atoms with Crippen molar-refractivity contribution in [3.63, 3.8) is 0 Å². The first-order valence-electron chi connectivity index (χ1n) is 10.0. The topological polar surface area (TPSA) is 46.5 Å². The minimum Gasteiger partial charge on any atom is -0.478 e. The number of rotatable bonds is 8. The van der Waals surface area contributed by atoms with E-state index in [0.717, 1.165) is 45.9 Å². The maximum Gasteiger partial charge on any atom is 0.416 e. The molecule has 0 bridgehead atoms. The average Bonchev–Trinajstić information content (AvgIpc) is 3.21. The number of alkyl halides is 3. The van der Waals surface area contributed by atoms with E-state index in [2.05, 4.69) is 0 Å². The Morgan fingerprint density at radius 1 is 0.970 bits per heavy atom. The molecule has 0 unspecified atom stereocenters. The van der Waals surface area contributed by atoms with Gasteiger partial charge in [-0.15, -0.1) is 11.3 Å². The Bertz CT molecular complexity index is 1140. The van der Waals surface area contributed by atoms with E-state index in [4.69, 9.17) is 27.9 Å². The van der Waals surface area contributed by atoms with Gasteiger partial charge in [-0.25, -0.2) is 4.79 Å². The van der Waals surface area contributed by atoms with E-state index in [1.807, 2.05) is 12.1 Å². The summed E-state index contributed by atoms with van der Waals surface area (Å²) in [5.41, 5.74) is -0.546. The standard InChI is InChI=1S/C24H21Cl2F3O3S/c1-23(2,22(30)31)32-18-12-8-15(20(25)21(18)26)4-3-5-17-11-13-19(33-17)14-6-9-16(10-7-14)24(27,28)29/h6-13H,3-5H2,1-2H3,(H,30,31). The Morgan fingerprint density at radius 2 is 1.64 bits per heavy atom. The summed E-state index contributed by atoms with van der Waals surface area (Å²) in [5, 5.41) is 9.71. The third-order valence-corrected chi connectivity index (χ3v) is 7.13. The van der Waals surface area contributed by atoms with Crippen molar-refractivity contribution in [1.82, 2.24) is 0 Å². The lowest BCUT2D eigenvalue weighted by atomic mass is 10.1. The van der Waals surface area contributed by atoms with Crippen LogP contribution in [-0.4, -0.2) is 16.7 Å². The highest BCUT2D eigenvalue weighted by atomic mass is 35.5. The van der Waals surface area contributed by atoms with Crippen LogP contribution in [0, 0.1) is 0 Å². The molecule has 2 aromatic carbocycles. The van der Waals surface area contributed by atoms with Gasteiger partial charge in [0.1, 0.15) is 10.8 Å². The summed E-state index contributed by atoms with van der Waals surface area (Å²) in [7, 11) is 0. The van der Waals surface area contributed by atoms with E-state index < -0.39 is 23.3 Å². The summed E-state index contributed by atoms with van der Waals surface area (Å²) in [6.07, 6.45) is -2.15. The van der Waals surface area contributed by atoms with Crippen LogP contribution >= 0.6 is 34.5 Å². The molecule has 0 spiro atoms. The first-order chi connectivity index (χ1) is 15.4. The van der Waals surface area contributed by atoms with Gasteiger partial charge in [0, 0.05) is 9.75 Å². The summed E-state index contributed by atoms with van der Waals surface area (Å²) >= 11 is 14.2. The van der Waals surface area contributed by atoms with E-state index in [1.165, 1.54) is 37.3 Å². The average molecular weight is 517 g/mol. The van der Waals surface area contributed by atoms with Gasteiger partial charge in [0.05, 0.1) is 10.6 Å². The largest absolute Gasteiger partial charge is 0.478 e. The number of aryl methyl sites for hydroxylation is 2. The van der Waals surface area contributed by atoms with Crippen LogP contribution in [0.3, 0.4) is 0 Å². The van der Waals surface area contributed by atoms with Crippen molar-refractivity contribution >= 4 is 40.5 Å². The second-order valence-electron chi connectivity index (χ2n) is 7.96. The van der Waals surface area contributed by atoms with Gasteiger partial charge >= 0.3 is 12.1 Å². The first-order valence-corrected chi connectivity index (χ1v) is 11.6. The summed E-state index contributed by atoms with van der Waals surface area (Å²) in [6.45, 7) is 2.85. The normalized spacial score (nSPS) is 12.1. The molecule has 0 aliphatic rings. The van der Waals surface area contributed by atoms with Crippen molar-refractivity contribution in [3.05, 3.63) is 74.6 Å². The molecule has 0 saturated heterocycles. The molecule has 0 fully saturated rings. The molecule has 3 nitrogen and oxygen atoms in total. The number of ether oxygens (including phenoxy) is 1. The van der Waals surface area contributed by atoms with Gasteiger partial charge in [0.2, 0.25) is 0 Å². The summed E-state index contributed by atoms with van der Waals surface area (Å²) in [4.78, 5) is 13.3. The van der Waals surface area contributed by atoms with E-state index in [9.17, 15) is 23.1 Å². The van der Waals surface area contributed by atoms with E-state index in [1.54, 1.807) is 12.1 Å². The fourth-order valence-corrected chi connectivity index (χ4v) is 4.63. The molecule has 0 atom stereocenters. The van der Waals surface area contributed by atoms with Crippen molar-refractivity contribution in [3.8, 4) is 16.2 Å². The molecule has 0 radical (unpaired) electrons. The summed E-state index contributed by atoms with van der Waals surface area (Å²) < 4.78 is 43.7. The molecular formula is C24H21Cl2F3O3S. The number of thiophene rings is 1. The van der Waals surface area contributed by atoms with Gasteiger partial charge in [0.25, 0.3) is 0 Å². The maximum atomic E-state index is 12.7. The predicted octanol–water partition coefficient (Wildman–Crippen LogP) is 8.16. The number of hydrogen-bond donors (Lipinski definition) is 1. The third kappa shape index (κ3) is 6.22. The second-order valence-corrected chi connectivity index (χ2v) is 9.89. The Kier molecular flexibility index (Phi) is 7.66. The van der Waals surface area contributed by atoms with Crippen LogP contribution in [0.25, 0.3) is 10.4 Å². The van der Waals surface area contributed by atoms with Gasteiger partial charge < -0.3 is 9.84 Å². The SMILES string of the molecule is CC(C)(Oc1ccc(CCCc2ccc(-c3ccc(C(F)(F)F)cc3)s2)c(Cl)c1Cl)C(=O)O. The zero-order valence-electron chi connectivity index (χ0n) is 17.8. The number of carboxylic acids is 1. The van der Waals surface area contributed by atoms with Crippen LogP contribution in [0.2, 0.25) is 10.0 Å². The number of benzene rings is 2. The highest BCUT2D eigenvalue weighted by Crippen LogP contribution is 2.38. The lowest BCUT2D eigenvalue weighted by Gasteiger charge is -2.23. The fraction of sp³-hybridized carbons (Fsp3) is 0.292. The van der Waals surface area contributed by atoms with Gasteiger partial charge in [0.15, 0.2) is 5.60 Å². The van der Waals surface area contributed by atoms with Gasteiger partial charge in [-0.1, -0.05) is 41.4 Å². The van der Waals surface area contributed by atoms with Gasteiger partial charge in [-0.05, 0) is 74.6 Å². The quantitative estimate of drug-likeness (QED) is 0.328. The van der Waals surface area contributed by atoms with Crippen LogP contribution in [0.1, 0.15) is 36.3 Å². The van der Waals surface area contributed by atoms with E-state index in [-0.39, 0.29) is 10.8 Å².